The van der Waals surface area contributed by atoms with E-state index in [1.165, 1.54) is 22.3 Å². The largest absolute Gasteiger partial charge is 0.394 e. The van der Waals surface area contributed by atoms with Gasteiger partial charge in [0, 0.05) is 0 Å². The Morgan fingerprint density at radius 3 is 1.56 bits per heavy atom. The molecule has 2 aromatic rings. The maximum absolute atomic E-state index is 11.1. The van der Waals surface area contributed by atoms with Gasteiger partial charge < -0.3 is 30.6 Å². The standard InChI is InChI=1S/C28H42O6/c1-16(10-21-8-6-17(2)19(4)12-21)11-23(14-22-9-7-18(3)20(5)13-22)25(31)27(33)28(34)26(32)24(30)15-29/h6-9,12-13,16,23-34H,10-11,14-15H2,1-5H3/t16?,23?,24-,25?,26+,27+,28-/m0/s1. The van der Waals surface area contributed by atoms with E-state index in [0.29, 0.717) is 12.8 Å². The van der Waals surface area contributed by atoms with Crippen molar-refractivity contribution in [2.75, 3.05) is 6.61 Å². The van der Waals surface area contributed by atoms with E-state index in [-0.39, 0.29) is 5.92 Å². The lowest BCUT2D eigenvalue weighted by molar-refractivity contribution is -0.149. The molecule has 0 aliphatic heterocycles. The maximum atomic E-state index is 11.1. The summed E-state index contributed by atoms with van der Waals surface area (Å²) in [7, 11) is 0. The van der Waals surface area contributed by atoms with Gasteiger partial charge in [-0.2, -0.15) is 0 Å². The minimum absolute atomic E-state index is 0.186. The number of hydrogen-bond acceptors (Lipinski definition) is 6. The predicted molar refractivity (Wildman–Crippen MR) is 134 cm³/mol. The molecule has 0 spiro atoms. The van der Waals surface area contributed by atoms with E-state index in [1.807, 2.05) is 26.0 Å². The van der Waals surface area contributed by atoms with Crippen molar-refractivity contribution in [2.45, 2.75) is 84.4 Å². The van der Waals surface area contributed by atoms with Gasteiger partial charge >= 0.3 is 0 Å². The highest BCUT2D eigenvalue weighted by Crippen LogP contribution is 2.28. The Balaban J connectivity index is 2.23. The molecule has 0 aromatic heterocycles. The van der Waals surface area contributed by atoms with Crippen LogP contribution in [0.5, 0.6) is 0 Å². The first-order chi connectivity index (χ1) is 15.9. The molecule has 6 nitrogen and oxygen atoms in total. The lowest BCUT2D eigenvalue weighted by atomic mass is 9.80. The molecule has 6 heteroatoms. The Morgan fingerprint density at radius 1 is 0.618 bits per heavy atom. The molecule has 0 bridgehead atoms. The maximum Gasteiger partial charge on any atom is 0.111 e. The second kappa shape index (κ2) is 12.8. The summed E-state index contributed by atoms with van der Waals surface area (Å²) in [4.78, 5) is 0. The minimum atomic E-state index is -1.80. The number of aryl methyl sites for hydroxylation is 4. The topological polar surface area (TPSA) is 121 Å². The van der Waals surface area contributed by atoms with Crippen LogP contribution in [0.15, 0.2) is 36.4 Å². The third-order valence-electron chi connectivity index (χ3n) is 7.04. The third-order valence-corrected chi connectivity index (χ3v) is 7.04. The summed E-state index contributed by atoms with van der Waals surface area (Å²) in [5.41, 5.74) is 6.99. The number of benzene rings is 2. The van der Waals surface area contributed by atoms with Gasteiger partial charge in [0.2, 0.25) is 0 Å². The first-order valence-corrected chi connectivity index (χ1v) is 12.1. The molecule has 0 heterocycles. The molecule has 0 fully saturated rings. The zero-order chi connectivity index (χ0) is 25.6. The highest BCUT2D eigenvalue weighted by Gasteiger charge is 2.37. The molecule has 190 valence electrons. The van der Waals surface area contributed by atoms with Crippen molar-refractivity contribution in [3.63, 3.8) is 0 Å². The molecule has 0 saturated heterocycles. The molecule has 0 amide bonds. The SMILES string of the molecule is Cc1ccc(CC(C)CC(Cc2ccc(C)c(C)c2)C(O)[C@@H](O)[C@@H](O)[C@H](O)[C@@H](O)CO)cc1C. The summed E-state index contributed by atoms with van der Waals surface area (Å²) in [5.74, 6) is -0.211. The van der Waals surface area contributed by atoms with Crippen molar-refractivity contribution in [3.05, 3.63) is 69.8 Å². The summed E-state index contributed by atoms with van der Waals surface area (Å²) in [6, 6.07) is 12.5. The fraction of sp³-hybridized carbons (Fsp3) is 0.571. The van der Waals surface area contributed by atoms with E-state index in [0.717, 1.165) is 17.5 Å². The van der Waals surface area contributed by atoms with Crippen molar-refractivity contribution in [3.8, 4) is 0 Å². The van der Waals surface area contributed by atoms with E-state index < -0.39 is 43.0 Å². The van der Waals surface area contributed by atoms with Crippen molar-refractivity contribution >= 4 is 0 Å². The van der Waals surface area contributed by atoms with E-state index >= 15 is 0 Å². The van der Waals surface area contributed by atoms with Gasteiger partial charge in [0.15, 0.2) is 0 Å². The van der Waals surface area contributed by atoms with Crippen LogP contribution in [-0.4, -0.2) is 67.8 Å². The molecule has 0 saturated carbocycles. The van der Waals surface area contributed by atoms with Gasteiger partial charge in [-0.05, 0) is 92.2 Å². The molecular formula is C28H42O6. The fourth-order valence-electron chi connectivity index (χ4n) is 4.53. The monoisotopic (exact) mass is 474 g/mol. The zero-order valence-corrected chi connectivity index (χ0v) is 21.0. The Labute approximate surface area is 203 Å². The highest BCUT2D eigenvalue weighted by molar-refractivity contribution is 5.31. The van der Waals surface area contributed by atoms with Crippen LogP contribution in [0.4, 0.5) is 0 Å². The molecular weight excluding hydrogens is 432 g/mol. The van der Waals surface area contributed by atoms with Gasteiger partial charge in [-0.15, -0.1) is 0 Å². The average Bonchev–Trinajstić information content (AvgIpc) is 2.80. The van der Waals surface area contributed by atoms with Crippen LogP contribution in [0.3, 0.4) is 0 Å². The van der Waals surface area contributed by atoms with Crippen LogP contribution in [0.1, 0.15) is 46.7 Å². The van der Waals surface area contributed by atoms with E-state index in [2.05, 4.69) is 45.0 Å². The van der Waals surface area contributed by atoms with Gasteiger partial charge in [0.25, 0.3) is 0 Å². The van der Waals surface area contributed by atoms with Crippen LogP contribution >= 0.6 is 0 Å². The average molecular weight is 475 g/mol. The van der Waals surface area contributed by atoms with Crippen LogP contribution in [-0.2, 0) is 12.8 Å². The van der Waals surface area contributed by atoms with Gasteiger partial charge in [0.05, 0.1) is 12.7 Å². The van der Waals surface area contributed by atoms with Crippen LogP contribution in [0, 0.1) is 39.5 Å². The van der Waals surface area contributed by atoms with Gasteiger partial charge in [-0.1, -0.05) is 43.3 Å². The number of hydrogen-bond donors (Lipinski definition) is 6. The van der Waals surface area contributed by atoms with E-state index in [1.54, 1.807) is 0 Å². The summed E-state index contributed by atoms with van der Waals surface area (Å²) in [5, 5.41) is 60.8. The van der Waals surface area contributed by atoms with Crippen molar-refractivity contribution in [1.82, 2.24) is 0 Å². The molecule has 0 aliphatic carbocycles. The van der Waals surface area contributed by atoms with E-state index in [4.69, 9.17) is 5.11 Å². The highest BCUT2D eigenvalue weighted by atomic mass is 16.4. The summed E-state index contributed by atoms with van der Waals surface area (Å²) < 4.78 is 0. The molecule has 2 rings (SSSR count). The van der Waals surface area contributed by atoms with Gasteiger partial charge in [0.1, 0.15) is 24.4 Å². The number of aliphatic hydroxyl groups is 6. The third kappa shape index (κ3) is 7.60. The lowest BCUT2D eigenvalue weighted by Crippen LogP contribution is -2.52. The summed E-state index contributed by atoms with van der Waals surface area (Å²) in [6.07, 6.45) is -6.31. The quantitative estimate of drug-likeness (QED) is 0.280. The molecule has 2 aromatic carbocycles. The van der Waals surface area contributed by atoms with Crippen LogP contribution in [0.25, 0.3) is 0 Å². The van der Waals surface area contributed by atoms with Crippen LogP contribution in [0.2, 0.25) is 0 Å². The Kier molecular flexibility index (Phi) is 10.7. The van der Waals surface area contributed by atoms with Gasteiger partial charge in [-0.3, -0.25) is 0 Å². The van der Waals surface area contributed by atoms with Crippen molar-refractivity contribution in [1.29, 1.82) is 0 Å². The Hall–Kier alpha value is -1.80. The van der Waals surface area contributed by atoms with Crippen molar-refractivity contribution < 1.29 is 30.6 Å². The number of aliphatic hydroxyl groups excluding tert-OH is 6. The molecule has 6 N–H and O–H groups in total. The lowest BCUT2D eigenvalue weighted by Gasteiger charge is -2.34. The predicted octanol–water partition coefficient (Wildman–Crippen LogP) is 2.14. The normalized spacial score (nSPS) is 18.1. The van der Waals surface area contributed by atoms with Gasteiger partial charge in [-0.25, -0.2) is 0 Å². The van der Waals surface area contributed by atoms with Crippen LogP contribution < -0.4 is 0 Å². The Bertz CT molecular complexity index is 914. The Morgan fingerprint density at radius 2 is 1.09 bits per heavy atom. The second-order valence-electron chi connectivity index (χ2n) is 10.1. The molecule has 0 aliphatic rings. The van der Waals surface area contributed by atoms with Crippen molar-refractivity contribution in [2.24, 2.45) is 11.8 Å². The zero-order valence-electron chi connectivity index (χ0n) is 21.0. The smallest absolute Gasteiger partial charge is 0.111 e. The second-order valence-corrected chi connectivity index (χ2v) is 10.1. The molecule has 34 heavy (non-hydrogen) atoms. The summed E-state index contributed by atoms with van der Waals surface area (Å²) >= 11 is 0. The fourth-order valence-corrected chi connectivity index (χ4v) is 4.53. The molecule has 7 atom stereocenters. The number of rotatable bonds is 12. The molecule has 0 radical (unpaired) electrons. The first-order valence-electron chi connectivity index (χ1n) is 12.1. The van der Waals surface area contributed by atoms with E-state index in [9.17, 15) is 25.5 Å². The summed E-state index contributed by atoms with van der Waals surface area (Å²) in [6.45, 7) is 9.55. The first kappa shape index (κ1) is 28.4. The molecule has 3 unspecified atom stereocenters. The minimum Gasteiger partial charge on any atom is -0.394 e.